The van der Waals surface area contributed by atoms with E-state index in [2.05, 4.69) is 15.6 Å². The summed E-state index contributed by atoms with van der Waals surface area (Å²) in [6, 6.07) is 5.67. The Morgan fingerprint density at radius 1 is 1.27 bits per heavy atom. The predicted molar refractivity (Wildman–Crippen MR) is 93.2 cm³/mol. The van der Waals surface area contributed by atoms with Crippen LogP contribution in [0.15, 0.2) is 35.5 Å². The Bertz CT molecular complexity index is 817. The van der Waals surface area contributed by atoms with E-state index in [0.717, 1.165) is 11.8 Å². The number of nitrogens with zero attached hydrogens (tertiary/aromatic N) is 1. The number of anilines is 1. The summed E-state index contributed by atoms with van der Waals surface area (Å²) < 4.78 is 52.3. The standard InChI is InChI=1S/C16H13F4N3OS.ClH/c17-13-10-5-7-21-8-9(10)3-4-12(13)23-14(24)11-2-1-6-22-15(11)25-16(18,19)20;/h1-4,6,21H,5,7-8H2,(H,23,24);1H. The Morgan fingerprint density at radius 2 is 2.04 bits per heavy atom. The number of hydrogen-bond acceptors (Lipinski definition) is 4. The van der Waals surface area contributed by atoms with Crippen molar-refractivity contribution in [2.24, 2.45) is 0 Å². The van der Waals surface area contributed by atoms with Gasteiger partial charge in [0.2, 0.25) is 0 Å². The molecule has 1 aliphatic rings. The number of aromatic nitrogens is 1. The first-order valence-electron chi connectivity index (χ1n) is 7.38. The van der Waals surface area contributed by atoms with Crippen molar-refractivity contribution in [1.82, 2.24) is 10.3 Å². The van der Waals surface area contributed by atoms with Crippen molar-refractivity contribution in [3.63, 3.8) is 0 Å². The summed E-state index contributed by atoms with van der Waals surface area (Å²) in [6.45, 7) is 1.16. The fraction of sp³-hybridized carbons (Fsp3) is 0.250. The lowest BCUT2D eigenvalue weighted by Crippen LogP contribution is -2.25. The van der Waals surface area contributed by atoms with Crippen LogP contribution in [0.3, 0.4) is 0 Å². The number of rotatable bonds is 3. The van der Waals surface area contributed by atoms with Crippen molar-refractivity contribution in [1.29, 1.82) is 0 Å². The van der Waals surface area contributed by atoms with Gasteiger partial charge in [0.05, 0.1) is 11.3 Å². The van der Waals surface area contributed by atoms with Gasteiger partial charge in [0.1, 0.15) is 10.8 Å². The molecule has 1 amide bonds. The number of alkyl halides is 3. The lowest BCUT2D eigenvalue weighted by molar-refractivity contribution is -0.0329. The summed E-state index contributed by atoms with van der Waals surface area (Å²) in [4.78, 5) is 15.9. The quantitative estimate of drug-likeness (QED) is 0.593. The molecule has 0 bridgehead atoms. The molecule has 140 valence electrons. The predicted octanol–water partition coefficient (Wildman–Crippen LogP) is 4.15. The first kappa shape index (κ1) is 20.5. The highest BCUT2D eigenvalue weighted by Gasteiger charge is 2.32. The minimum atomic E-state index is -4.58. The van der Waals surface area contributed by atoms with Crippen LogP contribution in [0.5, 0.6) is 0 Å². The van der Waals surface area contributed by atoms with E-state index in [4.69, 9.17) is 0 Å². The van der Waals surface area contributed by atoms with Gasteiger partial charge in [-0.15, -0.1) is 12.4 Å². The van der Waals surface area contributed by atoms with Crippen molar-refractivity contribution in [2.45, 2.75) is 23.5 Å². The first-order valence-corrected chi connectivity index (χ1v) is 8.20. The molecule has 1 aliphatic heterocycles. The van der Waals surface area contributed by atoms with E-state index < -0.39 is 34.0 Å². The van der Waals surface area contributed by atoms with E-state index in [1.807, 2.05) is 0 Å². The lowest BCUT2D eigenvalue weighted by Gasteiger charge is -2.19. The number of carbonyl (C=O) groups is 1. The van der Waals surface area contributed by atoms with E-state index in [9.17, 15) is 22.4 Å². The molecule has 0 unspecified atom stereocenters. The fourth-order valence-electron chi connectivity index (χ4n) is 2.57. The van der Waals surface area contributed by atoms with Crippen molar-refractivity contribution in [3.8, 4) is 0 Å². The smallest absolute Gasteiger partial charge is 0.319 e. The zero-order valence-electron chi connectivity index (χ0n) is 13.2. The van der Waals surface area contributed by atoms with Gasteiger partial charge in [-0.25, -0.2) is 9.37 Å². The van der Waals surface area contributed by atoms with Crippen LogP contribution in [0.1, 0.15) is 21.5 Å². The zero-order chi connectivity index (χ0) is 18.0. The number of nitrogens with one attached hydrogen (secondary N) is 2. The van der Waals surface area contributed by atoms with Gasteiger partial charge in [0, 0.05) is 24.5 Å². The van der Waals surface area contributed by atoms with Crippen LogP contribution in [0.25, 0.3) is 0 Å². The number of amides is 1. The molecule has 0 fully saturated rings. The molecule has 2 N–H and O–H groups in total. The zero-order valence-corrected chi connectivity index (χ0v) is 14.8. The number of carbonyl (C=O) groups excluding carboxylic acids is 1. The molecule has 0 saturated heterocycles. The van der Waals surface area contributed by atoms with Crippen molar-refractivity contribution in [3.05, 3.63) is 53.0 Å². The summed E-state index contributed by atoms with van der Waals surface area (Å²) in [5.41, 5.74) is -3.59. The largest absolute Gasteiger partial charge is 0.447 e. The van der Waals surface area contributed by atoms with E-state index in [1.54, 1.807) is 6.07 Å². The van der Waals surface area contributed by atoms with Gasteiger partial charge in [-0.3, -0.25) is 4.79 Å². The van der Waals surface area contributed by atoms with Gasteiger partial charge in [-0.1, -0.05) is 6.07 Å². The van der Waals surface area contributed by atoms with Gasteiger partial charge in [-0.2, -0.15) is 13.2 Å². The number of fused-ring (bicyclic) bond motifs is 1. The Morgan fingerprint density at radius 3 is 2.77 bits per heavy atom. The van der Waals surface area contributed by atoms with Crippen LogP contribution in [-0.2, 0) is 13.0 Å². The van der Waals surface area contributed by atoms with Crippen LogP contribution in [0.2, 0.25) is 0 Å². The Hall–Kier alpha value is -1.84. The summed E-state index contributed by atoms with van der Waals surface area (Å²) in [5, 5.41) is 4.98. The molecule has 0 aliphatic carbocycles. The molecular formula is C16H14ClF4N3OS. The second kappa shape index (κ2) is 8.24. The van der Waals surface area contributed by atoms with Crippen LogP contribution in [0.4, 0.5) is 23.2 Å². The molecule has 0 atom stereocenters. The molecule has 1 aromatic heterocycles. The Labute approximate surface area is 157 Å². The summed E-state index contributed by atoms with van der Waals surface area (Å²) in [5.74, 6) is -1.39. The van der Waals surface area contributed by atoms with Crippen molar-refractivity contribution in [2.75, 3.05) is 11.9 Å². The Kier molecular flexibility index (Phi) is 6.48. The monoisotopic (exact) mass is 407 g/mol. The van der Waals surface area contributed by atoms with Gasteiger partial charge < -0.3 is 10.6 Å². The maximum Gasteiger partial charge on any atom is 0.447 e. The fourth-order valence-corrected chi connectivity index (χ4v) is 3.18. The summed E-state index contributed by atoms with van der Waals surface area (Å²) in [7, 11) is 0. The number of halogens is 5. The van der Waals surface area contributed by atoms with E-state index in [0.29, 0.717) is 25.1 Å². The average Bonchev–Trinajstić information content (AvgIpc) is 2.56. The first-order chi connectivity index (χ1) is 11.8. The topological polar surface area (TPSA) is 54.0 Å². The average molecular weight is 408 g/mol. The molecule has 0 spiro atoms. The minimum Gasteiger partial charge on any atom is -0.319 e. The second-order valence-electron chi connectivity index (χ2n) is 5.35. The number of hydrogen-bond donors (Lipinski definition) is 2. The molecule has 3 rings (SSSR count). The highest BCUT2D eigenvalue weighted by Crippen LogP contribution is 2.37. The maximum atomic E-state index is 14.6. The summed E-state index contributed by atoms with van der Waals surface area (Å²) in [6.07, 6.45) is 1.64. The van der Waals surface area contributed by atoms with E-state index >= 15 is 0 Å². The van der Waals surface area contributed by atoms with Gasteiger partial charge in [-0.05, 0) is 42.3 Å². The van der Waals surface area contributed by atoms with Gasteiger partial charge >= 0.3 is 5.51 Å². The number of benzene rings is 1. The number of pyridine rings is 1. The van der Waals surface area contributed by atoms with Crippen LogP contribution >= 0.6 is 24.2 Å². The Balaban J connectivity index is 0.00000243. The third-order valence-electron chi connectivity index (χ3n) is 3.68. The molecule has 0 saturated carbocycles. The minimum absolute atomic E-state index is 0. The maximum absolute atomic E-state index is 14.6. The van der Waals surface area contributed by atoms with Crippen molar-refractivity contribution < 1.29 is 22.4 Å². The van der Waals surface area contributed by atoms with Crippen LogP contribution < -0.4 is 10.6 Å². The van der Waals surface area contributed by atoms with Crippen LogP contribution in [0, 0.1) is 5.82 Å². The third-order valence-corrected chi connectivity index (χ3v) is 4.43. The molecular weight excluding hydrogens is 394 g/mol. The normalized spacial score (nSPS) is 13.5. The highest BCUT2D eigenvalue weighted by molar-refractivity contribution is 8.00. The molecule has 1 aromatic carbocycles. The number of thioether (sulfide) groups is 1. The molecule has 26 heavy (non-hydrogen) atoms. The third kappa shape index (κ3) is 4.66. The second-order valence-corrected chi connectivity index (χ2v) is 6.40. The SMILES string of the molecule is Cl.O=C(Nc1ccc2c(c1F)CCNC2)c1cccnc1SC(F)(F)F. The van der Waals surface area contributed by atoms with Gasteiger partial charge in [0.15, 0.2) is 0 Å². The summed E-state index contributed by atoms with van der Waals surface area (Å²) >= 11 is -0.481. The molecule has 10 heteroatoms. The van der Waals surface area contributed by atoms with Crippen molar-refractivity contribution >= 4 is 35.8 Å². The molecule has 2 aromatic rings. The molecule has 2 heterocycles. The molecule has 4 nitrogen and oxygen atoms in total. The van der Waals surface area contributed by atoms with Gasteiger partial charge in [0.25, 0.3) is 5.91 Å². The van der Waals surface area contributed by atoms with Crippen LogP contribution in [-0.4, -0.2) is 22.9 Å². The van der Waals surface area contributed by atoms with E-state index in [-0.39, 0.29) is 23.7 Å². The molecule has 0 radical (unpaired) electrons. The van der Waals surface area contributed by atoms with E-state index in [1.165, 1.54) is 18.2 Å². The lowest BCUT2D eigenvalue weighted by atomic mass is 9.99. The highest BCUT2D eigenvalue weighted by atomic mass is 35.5.